The summed E-state index contributed by atoms with van der Waals surface area (Å²) < 4.78 is 54.4. The molecule has 0 fully saturated rings. The highest BCUT2D eigenvalue weighted by Crippen LogP contribution is 2.97. The average molecular weight is 155 g/mol. The normalized spacial score (nSPS) is 21.8. The molecule has 0 aromatic rings. The van der Waals surface area contributed by atoms with E-state index in [1.54, 1.807) is 0 Å². The third-order valence-corrected chi connectivity index (χ3v) is 1.16. The van der Waals surface area contributed by atoms with Crippen molar-refractivity contribution >= 4 is 10.2 Å². The summed E-state index contributed by atoms with van der Waals surface area (Å²) in [5.74, 6) is -2.26. The van der Waals surface area contributed by atoms with Crippen LogP contribution < -0.4 is 0 Å². The molecule has 0 aromatic carbocycles. The second-order valence-electron chi connectivity index (χ2n) is 1.33. The van der Waals surface area contributed by atoms with Gasteiger partial charge in [-0.2, -0.15) is 0 Å². The van der Waals surface area contributed by atoms with Crippen LogP contribution in [0.4, 0.5) is 19.4 Å². The van der Waals surface area contributed by atoms with Gasteiger partial charge in [0, 0.05) is 0 Å². The minimum atomic E-state index is -9.11. The van der Waals surface area contributed by atoms with E-state index in [9.17, 15) is 19.4 Å². The van der Waals surface area contributed by atoms with Crippen LogP contribution in [0.1, 0.15) is 0 Å². The Morgan fingerprint density at radius 3 is 1.12 bits per heavy atom. The zero-order valence-electron chi connectivity index (χ0n) is 3.71. The van der Waals surface area contributed by atoms with Gasteiger partial charge in [0.1, 0.15) is 0 Å². The van der Waals surface area contributed by atoms with E-state index in [0.29, 0.717) is 0 Å². The second kappa shape index (κ2) is 0.984. The fourth-order valence-electron chi connectivity index (χ4n) is 0. The number of hydrogen-bond acceptors (Lipinski definition) is 0. The van der Waals surface area contributed by atoms with Crippen molar-refractivity contribution in [3.63, 3.8) is 0 Å². The topological polar surface area (TPSA) is 0 Å². The predicted octanol–water partition coefficient (Wildman–Crippen LogP) is 3.12. The van der Waals surface area contributed by atoms with Crippen LogP contribution in [0, 0.1) is 6.92 Å². The van der Waals surface area contributed by atoms with Gasteiger partial charge < -0.3 is 0 Å². The van der Waals surface area contributed by atoms with E-state index >= 15 is 0 Å². The third-order valence-electron chi connectivity index (χ3n) is 0.386. The lowest BCUT2D eigenvalue weighted by atomic mass is 11.0. The highest BCUT2D eigenvalue weighted by molar-refractivity contribution is 8.45. The summed E-state index contributed by atoms with van der Waals surface area (Å²) in [6.07, 6.45) is 0. The van der Waals surface area contributed by atoms with Crippen LogP contribution in [-0.4, -0.2) is 5.75 Å². The number of rotatable bonds is 1. The van der Waals surface area contributed by atoms with Crippen molar-refractivity contribution in [2.45, 2.75) is 0 Å². The summed E-state index contributed by atoms with van der Waals surface area (Å²) in [6, 6.07) is 0. The summed E-state index contributed by atoms with van der Waals surface area (Å²) in [5.41, 5.74) is 0. The molecule has 0 rings (SSSR count). The SMILES string of the molecule is [CH2]CS(F)(F)(F)(F)F. The summed E-state index contributed by atoms with van der Waals surface area (Å²) in [4.78, 5) is 0. The molecular formula is C2H4F5S. The van der Waals surface area contributed by atoms with Crippen molar-refractivity contribution in [3.8, 4) is 0 Å². The maximum atomic E-state index is 10.9. The zero-order valence-corrected chi connectivity index (χ0v) is 4.53. The van der Waals surface area contributed by atoms with Gasteiger partial charge in [0.2, 0.25) is 0 Å². The quantitative estimate of drug-likeness (QED) is 0.510. The molecule has 0 atom stereocenters. The minimum Gasteiger partial charge on any atom is -0.0978 e. The molecule has 0 bridgehead atoms. The first-order valence-corrected chi connectivity index (χ1v) is 3.68. The van der Waals surface area contributed by atoms with Crippen LogP contribution in [0.2, 0.25) is 0 Å². The smallest absolute Gasteiger partial charge is 0.0978 e. The van der Waals surface area contributed by atoms with Gasteiger partial charge in [-0.05, 0) is 6.92 Å². The van der Waals surface area contributed by atoms with Crippen LogP contribution in [0.25, 0.3) is 0 Å². The molecule has 0 aliphatic carbocycles. The van der Waals surface area contributed by atoms with E-state index in [0.717, 1.165) is 0 Å². The Hall–Kier alpha value is -0.0000000000000000555. The number of hydrogen-bond donors (Lipinski definition) is 0. The first kappa shape index (κ1) is 8.00. The molecule has 0 saturated carbocycles. The lowest BCUT2D eigenvalue weighted by molar-refractivity contribution is 0.370. The van der Waals surface area contributed by atoms with E-state index in [-0.39, 0.29) is 0 Å². The van der Waals surface area contributed by atoms with E-state index < -0.39 is 16.0 Å². The number of halogens is 5. The third kappa shape index (κ3) is 6.00. The maximum absolute atomic E-state index is 10.9. The summed E-state index contributed by atoms with van der Waals surface area (Å²) in [5, 5.41) is 0. The summed E-state index contributed by atoms with van der Waals surface area (Å²) in [6.45, 7) is 2.08. The predicted molar refractivity (Wildman–Crippen MR) is 23.4 cm³/mol. The molecule has 8 heavy (non-hydrogen) atoms. The Bertz CT molecular complexity index is 93.6. The Morgan fingerprint density at radius 2 is 1.12 bits per heavy atom. The fraction of sp³-hybridized carbons (Fsp3) is 0.500. The van der Waals surface area contributed by atoms with Crippen LogP contribution in [0.3, 0.4) is 0 Å². The van der Waals surface area contributed by atoms with E-state index in [1.807, 2.05) is 0 Å². The first-order valence-electron chi connectivity index (χ1n) is 1.56. The molecule has 0 aliphatic rings. The van der Waals surface area contributed by atoms with Crippen molar-refractivity contribution in [2.75, 3.05) is 5.75 Å². The van der Waals surface area contributed by atoms with Crippen molar-refractivity contribution in [1.29, 1.82) is 0 Å². The molecule has 0 nitrogen and oxygen atoms in total. The molecule has 0 amide bonds. The Labute approximate surface area is 43.4 Å². The summed E-state index contributed by atoms with van der Waals surface area (Å²) >= 11 is 0. The van der Waals surface area contributed by atoms with Gasteiger partial charge in [0.25, 0.3) is 10.2 Å². The van der Waals surface area contributed by atoms with Crippen LogP contribution in [0.15, 0.2) is 0 Å². The average Bonchev–Trinajstić information content (AvgIpc) is 1.30. The van der Waals surface area contributed by atoms with Gasteiger partial charge in [0.05, 0.1) is 5.75 Å². The lowest BCUT2D eigenvalue weighted by Crippen LogP contribution is -2.07. The second-order valence-corrected chi connectivity index (χ2v) is 4.00. The lowest BCUT2D eigenvalue weighted by Gasteiger charge is -2.38. The van der Waals surface area contributed by atoms with Gasteiger partial charge in [-0.15, -0.1) is 0 Å². The molecule has 0 aliphatic heterocycles. The molecule has 0 N–H and O–H groups in total. The van der Waals surface area contributed by atoms with Gasteiger partial charge >= 0.3 is 0 Å². The Morgan fingerprint density at radius 1 is 1.00 bits per heavy atom. The minimum absolute atomic E-state index is 2.08. The van der Waals surface area contributed by atoms with Crippen molar-refractivity contribution in [1.82, 2.24) is 0 Å². The molecule has 6 heteroatoms. The van der Waals surface area contributed by atoms with E-state index in [2.05, 4.69) is 6.92 Å². The van der Waals surface area contributed by atoms with Gasteiger partial charge in [0.15, 0.2) is 0 Å². The van der Waals surface area contributed by atoms with Crippen molar-refractivity contribution in [2.24, 2.45) is 0 Å². The molecule has 0 unspecified atom stereocenters. The molecule has 0 aromatic heterocycles. The Kier molecular flexibility index (Phi) is 0.984. The highest BCUT2D eigenvalue weighted by atomic mass is 32.5. The highest BCUT2D eigenvalue weighted by Gasteiger charge is 2.61. The first-order chi connectivity index (χ1) is 3.04. The Balaban J connectivity index is 4.50. The maximum Gasteiger partial charge on any atom is 0.285 e. The molecule has 53 valence electrons. The molecular weight excluding hydrogens is 151 g/mol. The van der Waals surface area contributed by atoms with E-state index in [1.165, 1.54) is 0 Å². The summed E-state index contributed by atoms with van der Waals surface area (Å²) in [7, 11) is -9.11. The fourth-order valence-corrected chi connectivity index (χ4v) is 0. The largest absolute Gasteiger partial charge is 0.285 e. The molecule has 1 radical (unpaired) electrons. The molecule has 0 saturated heterocycles. The monoisotopic (exact) mass is 155 g/mol. The van der Waals surface area contributed by atoms with Gasteiger partial charge in [-0.25, -0.2) is 0 Å². The van der Waals surface area contributed by atoms with Crippen molar-refractivity contribution in [3.05, 3.63) is 6.92 Å². The van der Waals surface area contributed by atoms with Gasteiger partial charge in [-0.3, -0.25) is 0 Å². The zero-order chi connectivity index (χ0) is 7.12. The van der Waals surface area contributed by atoms with Crippen molar-refractivity contribution < 1.29 is 19.4 Å². The van der Waals surface area contributed by atoms with Crippen LogP contribution >= 0.6 is 10.2 Å². The molecule has 0 spiro atoms. The van der Waals surface area contributed by atoms with Crippen LogP contribution in [0.5, 0.6) is 0 Å². The van der Waals surface area contributed by atoms with Gasteiger partial charge in [-0.1, -0.05) is 19.4 Å². The standard InChI is InChI=1S/C2H4F5S/c1-2-8(3,4,5,6)7/h1-2H2. The van der Waals surface area contributed by atoms with E-state index in [4.69, 9.17) is 0 Å². The van der Waals surface area contributed by atoms with Crippen LogP contribution in [-0.2, 0) is 0 Å². The molecule has 0 heterocycles.